The molecule has 0 spiro atoms. The van der Waals surface area contributed by atoms with E-state index >= 15 is 13.2 Å². The fraction of sp³-hybridized carbons (Fsp3) is 0.500. The monoisotopic (exact) mass is 2080 g/mol. The smallest absolute Gasteiger partial charge is 0.386 e. The van der Waals surface area contributed by atoms with Crippen LogP contribution in [0.1, 0.15) is 73.1 Å². The van der Waals surface area contributed by atoms with Crippen LogP contribution in [0.5, 0.6) is 0 Å². The number of ether oxygens (including phenoxy) is 6. The van der Waals surface area contributed by atoms with Crippen LogP contribution in [-0.4, -0.2) is 275 Å². The molecular formula is C60H69F3N30O27P6S6. The highest BCUT2D eigenvalue weighted by molar-refractivity contribution is 8.44. The Balaban J connectivity index is 0.000000128. The second-order valence-electron chi connectivity index (χ2n) is 30.0. The van der Waals surface area contributed by atoms with Gasteiger partial charge in [-0.05, 0) is 77.2 Å². The molecule has 708 valence electrons. The van der Waals surface area contributed by atoms with Gasteiger partial charge in [-0.15, -0.1) is 15.3 Å². The van der Waals surface area contributed by atoms with E-state index in [4.69, 9.17) is 176 Å². The van der Waals surface area contributed by atoms with Gasteiger partial charge in [-0.3, -0.25) is 47.4 Å². The average Bonchev–Trinajstić information content (AvgIpc) is 1.61. The minimum atomic E-state index is -4.36. The molecule has 132 heavy (non-hydrogen) atoms. The fourth-order valence-corrected chi connectivity index (χ4v) is 24.3. The van der Waals surface area contributed by atoms with E-state index in [0.29, 0.717) is 51.1 Å². The molecule has 21 rings (SSSR count). The summed E-state index contributed by atoms with van der Waals surface area (Å²) < 4.78 is 171. The zero-order chi connectivity index (χ0) is 92.9. The van der Waals surface area contributed by atoms with Crippen LogP contribution < -0.4 is 51.1 Å². The molecule has 27 atom stereocenters. The number of nitrogens with zero attached hydrogens (tertiary/aromatic N) is 21. The van der Waals surface area contributed by atoms with Gasteiger partial charge in [0.2, 0.25) is 17.8 Å². The van der Waals surface area contributed by atoms with Gasteiger partial charge in [0.05, 0.1) is 106 Å². The number of halogens is 3. The number of aromatic amines is 3. The van der Waals surface area contributed by atoms with E-state index in [1.165, 1.54) is 50.7 Å². The Hall–Kier alpha value is -7.80. The molecule has 9 aliphatic rings. The Labute approximate surface area is 761 Å². The molecule has 72 heteroatoms. The lowest BCUT2D eigenvalue weighted by Gasteiger charge is -2.27. The van der Waals surface area contributed by atoms with Crippen molar-refractivity contribution >= 4 is 197 Å². The number of rotatable bonds is 6. The summed E-state index contributed by atoms with van der Waals surface area (Å²) in [6.45, 7) is -28.0. The predicted octanol–water partition coefficient (Wildman–Crippen LogP) is 0.0357. The molecule has 6 unspecified atom stereocenters. The number of alkyl halides is 3. The van der Waals surface area contributed by atoms with E-state index in [-0.39, 0.29) is 70.6 Å². The lowest BCUT2D eigenvalue weighted by molar-refractivity contribution is -0.0607. The summed E-state index contributed by atoms with van der Waals surface area (Å²) in [7, 11) is 0. The maximum Gasteiger partial charge on any atom is 0.386 e. The lowest BCUT2D eigenvalue weighted by atomic mass is 10.1. The number of nitrogens with one attached hydrogen (secondary N) is 3. The first-order valence-electron chi connectivity index (χ1n) is 38.5. The number of nitrogens with two attached hydrogens (primary N) is 6. The van der Waals surface area contributed by atoms with Crippen LogP contribution in [0.15, 0.2) is 69.8 Å². The lowest BCUT2D eigenvalue weighted by Crippen LogP contribution is -2.32. The first-order valence-corrected chi connectivity index (χ1v) is 54.2. The molecule has 12 aromatic heterocycles. The van der Waals surface area contributed by atoms with E-state index in [1.807, 2.05) is 0 Å². The van der Waals surface area contributed by atoms with E-state index in [9.17, 15) is 43.4 Å². The third-order valence-corrected chi connectivity index (χ3v) is 31.1. The maximum atomic E-state index is 15.8. The zero-order valence-corrected chi connectivity index (χ0v) is 76.4. The summed E-state index contributed by atoms with van der Waals surface area (Å²) in [5, 5.41) is 35.6. The van der Waals surface area contributed by atoms with Crippen LogP contribution in [0.4, 0.5) is 48.3 Å². The number of aromatic nitrogens is 24. The molecule has 0 radical (unpaired) electrons. The van der Waals surface area contributed by atoms with Gasteiger partial charge in [-0.2, -0.15) is 53.3 Å². The van der Waals surface area contributed by atoms with Crippen molar-refractivity contribution in [3.8, 4) is 0 Å². The van der Waals surface area contributed by atoms with Gasteiger partial charge < -0.3 is 123 Å². The topological polar surface area (TPSA) is 760 Å². The second kappa shape index (κ2) is 36.0. The molecule has 57 nitrogen and oxygen atoms in total. The third kappa shape index (κ3) is 18.7. The van der Waals surface area contributed by atoms with Gasteiger partial charge >= 0.3 is 40.4 Å². The number of anilines is 6. The molecule has 12 aromatic rings. The van der Waals surface area contributed by atoms with Gasteiger partial charge in [-0.1, -0.05) is 27.9 Å². The standard InChI is InChI=1S/3C20H23FN10O9P2S2/c2*21-13-11-6-36-41(33,43)39-9-3-8(7-4-25-30-12(22)1-2-24-16(7)30)37-10(9)5-35-42(34,44)40-15(13)19(38-11)31-17-14(28-29-31)18(32)27-20(23)26-17;21-13-12-6-36-41(33,43)39-10-3-9(8-4-24-16-7(22)1-2-25-30(8)16)37-11(10)5-35-42(34,44)40-15(13)19(38-12)31-17-14(28-29-31)18(32)27-20(23)26-17/h2*1-2,4,8-11,13,15,19H,3,5-6,22H2,(H,33,43)(H,34,44)(H3,23,26,27,32);1-2,4,9-13,15,19H,3,5-6,22H2,(H,33,43)(H,34,44)(H3,23,26,27,32)/t2*8-,9+,10-,11-,13+,15-,19-,41?,42?;9-,10+,11-,12-,13+,15-,19-,41?,42?/m111/s1. The molecule has 9 aliphatic heterocycles. The van der Waals surface area contributed by atoms with Crippen molar-refractivity contribution in [2.24, 2.45) is 0 Å². The normalized spacial score (nSPS) is 36.6. The van der Waals surface area contributed by atoms with E-state index in [2.05, 4.69) is 103 Å². The van der Waals surface area contributed by atoms with E-state index in [1.54, 1.807) is 18.2 Å². The Kier molecular flexibility index (Phi) is 25.4. The first kappa shape index (κ1) is 93.2. The summed E-state index contributed by atoms with van der Waals surface area (Å²) in [5.74, 6) is -0.0944. The van der Waals surface area contributed by atoms with Crippen molar-refractivity contribution in [2.45, 2.75) is 148 Å². The summed E-state index contributed by atoms with van der Waals surface area (Å²) >= 11 is 30.2. The molecule has 6 bridgehead atoms. The number of thiol groups is 1. The highest BCUT2D eigenvalue weighted by atomic mass is 32.7. The third-order valence-electron chi connectivity index (χ3n) is 21.6. The molecule has 0 saturated carbocycles. The van der Waals surface area contributed by atoms with Crippen molar-refractivity contribution in [3.63, 3.8) is 0 Å². The Bertz CT molecular complexity index is 6380. The fourth-order valence-electron chi connectivity index (χ4n) is 15.6. The molecule has 9 fully saturated rings. The maximum absolute atomic E-state index is 15.8. The zero-order valence-electron chi connectivity index (χ0n) is 66.1. The predicted molar refractivity (Wildman–Crippen MR) is 460 cm³/mol. The Morgan fingerprint density at radius 3 is 1.14 bits per heavy atom. The van der Waals surface area contributed by atoms with Crippen LogP contribution in [0.2, 0.25) is 0 Å². The van der Waals surface area contributed by atoms with Gasteiger partial charge in [0.15, 0.2) is 87.6 Å². The first-order chi connectivity index (χ1) is 62.7. The number of H-pyrrole nitrogens is 3. The van der Waals surface area contributed by atoms with Gasteiger partial charge in [0, 0.05) is 42.8 Å². The minimum Gasteiger partial charge on any atom is -0.396 e. The summed E-state index contributed by atoms with van der Waals surface area (Å²) in [6.07, 6.45) is -18.0. The average molecular weight is 2080 g/mol. The number of hydrogen-bond acceptors (Lipinski definition) is 48. The number of hydrogen-bond donors (Lipinski definition) is 15. The second-order valence-corrected chi connectivity index (χ2v) is 46.9. The number of nitrogen functional groups attached to an aromatic ring is 6. The van der Waals surface area contributed by atoms with Crippen molar-refractivity contribution in [1.82, 2.24) is 119 Å². The molecule has 9 saturated heterocycles. The highest BCUT2D eigenvalue weighted by Crippen LogP contribution is 2.61. The molecular weight excluding hydrogens is 2010 g/mol. The number of fused-ring (bicyclic) bond motifs is 15. The Morgan fingerprint density at radius 1 is 0.402 bits per heavy atom. The van der Waals surface area contributed by atoms with Gasteiger partial charge in [0.1, 0.15) is 72.7 Å². The summed E-state index contributed by atoms with van der Waals surface area (Å²) in [6, 6.07) is 4.76. The van der Waals surface area contributed by atoms with Gasteiger partial charge in [-0.25, -0.2) is 37.2 Å². The Morgan fingerprint density at radius 2 is 0.750 bits per heavy atom. The van der Waals surface area contributed by atoms with Crippen LogP contribution in [-0.2, 0) is 146 Å². The van der Waals surface area contributed by atoms with Crippen LogP contribution in [0.25, 0.3) is 50.4 Å². The van der Waals surface area contributed by atoms with Crippen LogP contribution in [0, 0.1) is 0 Å². The van der Waals surface area contributed by atoms with Crippen LogP contribution >= 0.6 is 52.6 Å². The quantitative estimate of drug-likeness (QED) is 0.0772. The van der Waals surface area contributed by atoms with Crippen molar-refractivity contribution in [1.29, 1.82) is 0 Å². The molecule has 0 amide bonds. The number of imidazole rings is 1. The van der Waals surface area contributed by atoms with Crippen molar-refractivity contribution in [3.05, 3.63) is 103 Å². The SMILES string of the molecule is Nc1nc2c(nnn2[C@@H]2O[C@@H]3COP(O)(=S)O[C@H]4C[C@H](c5cnc6c(N)ccnn56)O[C@@H]4COP(O)(=S)O[C@@H]2[C@H]3F)c(=O)[nH]1.Nc1nc2c(nnn2[C@@H]2O[C@@H]3COP(O)(=S)O[C@H]4C[C@H](c5cnn6c(N)ccnc56)O[C@@H]4COP(=O)(S)O[C@@H]2[C@H]3F)c(=O)[nH]1.Nc1nc2c(nnn2[C@@H]2O[C@@H]3COP(O)(=S)O[C@H]4C[C@H](c5cnn6c(N)ccnc56)O[C@@H]4COP(O)(=S)O[C@@H]2[C@H]3F)c(=O)[nH]1. The molecule has 21 heterocycles. The van der Waals surface area contributed by atoms with E-state index in [0.717, 1.165) is 14.0 Å². The summed E-state index contributed by atoms with van der Waals surface area (Å²) in [4.78, 5) is 123. The van der Waals surface area contributed by atoms with Gasteiger partial charge in [0.25, 0.3) is 16.7 Å². The minimum absolute atomic E-state index is 0.136. The van der Waals surface area contributed by atoms with E-state index < -0.39 is 225 Å². The molecule has 20 N–H and O–H groups in total. The van der Waals surface area contributed by atoms with Crippen molar-refractivity contribution < 1.29 is 125 Å². The van der Waals surface area contributed by atoms with Crippen LogP contribution in [0.3, 0.4) is 0 Å². The largest absolute Gasteiger partial charge is 0.396 e. The van der Waals surface area contributed by atoms with Crippen molar-refractivity contribution in [2.75, 3.05) is 74.0 Å². The summed E-state index contributed by atoms with van der Waals surface area (Å²) in [5.41, 5.74) is 35.1. The molecule has 0 aromatic carbocycles. The molecule has 0 aliphatic carbocycles. The highest BCUT2D eigenvalue weighted by Gasteiger charge is 2.57.